The molecule has 28 heavy (non-hydrogen) atoms. The highest BCUT2D eigenvalue weighted by atomic mass is 16.6. The van der Waals surface area contributed by atoms with Crippen molar-refractivity contribution in [2.24, 2.45) is 0 Å². The first-order valence-electron chi connectivity index (χ1n) is 9.68. The van der Waals surface area contributed by atoms with Crippen LogP contribution in [0, 0.1) is 10.1 Å². The summed E-state index contributed by atoms with van der Waals surface area (Å²) in [6.07, 6.45) is 3.85. The number of hydrogen-bond acceptors (Lipinski definition) is 7. The number of carbonyl (C=O) groups excluding carboxylic acids is 1. The van der Waals surface area contributed by atoms with Crippen molar-refractivity contribution in [3.63, 3.8) is 0 Å². The molecule has 1 saturated heterocycles. The highest BCUT2D eigenvalue weighted by molar-refractivity contribution is 5.68. The predicted molar refractivity (Wildman–Crippen MR) is 103 cm³/mol. The second-order valence-corrected chi connectivity index (χ2v) is 8.38. The van der Waals surface area contributed by atoms with Crippen molar-refractivity contribution in [2.75, 3.05) is 25.1 Å². The Bertz CT molecular complexity index is 724. The summed E-state index contributed by atoms with van der Waals surface area (Å²) >= 11 is 0. The number of nitrogens with zero attached hydrogens (tertiary/aromatic N) is 4. The third-order valence-electron chi connectivity index (χ3n) is 4.99. The topological polar surface area (TPSA) is 112 Å². The summed E-state index contributed by atoms with van der Waals surface area (Å²) in [4.78, 5) is 25.3. The van der Waals surface area contributed by atoms with Gasteiger partial charge < -0.3 is 19.7 Å². The molecule has 0 aromatic carbocycles. The lowest BCUT2D eigenvalue weighted by Crippen LogP contribution is -2.46. The van der Waals surface area contributed by atoms with Crippen LogP contribution >= 0.6 is 0 Å². The fraction of sp³-hybridized carbons (Fsp3) is 0.778. The van der Waals surface area contributed by atoms with Gasteiger partial charge in [0.1, 0.15) is 11.8 Å². The molecule has 2 aliphatic rings. The molecule has 156 valence electrons. The van der Waals surface area contributed by atoms with Gasteiger partial charge in [0.2, 0.25) is 5.82 Å². The number of hydrogen-bond donors (Lipinski definition) is 1. The van der Waals surface area contributed by atoms with E-state index in [2.05, 4.69) is 10.4 Å². The SMILES string of the molecule is CO[C@H]1CCN(c2c([N+](=O)[O-])cnn2C2CC2)CC[C@H]1NC(=O)OC(C)(C)C. The highest BCUT2D eigenvalue weighted by Gasteiger charge is 2.37. The molecule has 0 unspecified atom stereocenters. The van der Waals surface area contributed by atoms with E-state index in [1.807, 2.05) is 25.7 Å². The number of carbonyl (C=O) groups is 1. The zero-order valence-electron chi connectivity index (χ0n) is 16.9. The van der Waals surface area contributed by atoms with Crippen molar-refractivity contribution in [1.29, 1.82) is 0 Å². The van der Waals surface area contributed by atoms with Gasteiger partial charge in [0, 0.05) is 20.2 Å². The fourth-order valence-electron chi connectivity index (χ4n) is 3.56. The average molecular weight is 395 g/mol. The third-order valence-corrected chi connectivity index (χ3v) is 4.99. The molecule has 0 radical (unpaired) electrons. The monoisotopic (exact) mass is 395 g/mol. The van der Waals surface area contributed by atoms with Gasteiger partial charge in [-0.25, -0.2) is 9.48 Å². The zero-order valence-corrected chi connectivity index (χ0v) is 16.9. The van der Waals surface area contributed by atoms with Gasteiger partial charge in [-0.15, -0.1) is 0 Å². The second-order valence-electron chi connectivity index (χ2n) is 8.38. The molecule has 0 spiro atoms. The molecule has 1 aliphatic carbocycles. The van der Waals surface area contributed by atoms with Gasteiger partial charge in [-0.2, -0.15) is 5.10 Å². The molecule has 2 atom stereocenters. The molecular formula is C18H29N5O5. The van der Waals surface area contributed by atoms with Gasteiger partial charge in [-0.3, -0.25) is 10.1 Å². The van der Waals surface area contributed by atoms with E-state index in [0.717, 1.165) is 12.8 Å². The number of nitro groups is 1. The molecule has 1 N–H and O–H groups in total. The first-order valence-corrected chi connectivity index (χ1v) is 9.68. The highest BCUT2D eigenvalue weighted by Crippen LogP contribution is 2.41. The third kappa shape index (κ3) is 4.73. The maximum Gasteiger partial charge on any atom is 0.407 e. The summed E-state index contributed by atoms with van der Waals surface area (Å²) in [7, 11) is 1.61. The number of anilines is 1. The van der Waals surface area contributed by atoms with Crippen LogP contribution in [0.5, 0.6) is 0 Å². The molecule has 1 amide bonds. The van der Waals surface area contributed by atoms with E-state index in [9.17, 15) is 14.9 Å². The van der Waals surface area contributed by atoms with Crippen molar-refractivity contribution in [3.05, 3.63) is 16.3 Å². The Morgan fingerprint density at radius 2 is 1.96 bits per heavy atom. The van der Waals surface area contributed by atoms with Crippen molar-refractivity contribution in [2.45, 2.75) is 70.2 Å². The van der Waals surface area contributed by atoms with Crippen LogP contribution in [0.4, 0.5) is 16.3 Å². The van der Waals surface area contributed by atoms with Crippen LogP contribution in [-0.2, 0) is 9.47 Å². The summed E-state index contributed by atoms with van der Waals surface area (Å²) in [5.41, 5.74) is -0.555. The van der Waals surface area contributed by atoms with Crippen molar-refractivity contribution < 1.29 is 19.2 Å². The minimum absolute atomic E-state index is 0.0272. The van der Waals surface area contributed by atoms with Crippen molar-refractivity contribution >= 4 is 17.6 Å². The number of nitrogens with one attached hydrogen (secondary N) is 1. The van der Waals surface area contributed by atoms with Gasteiger partial charge in [0.25, 0.3) is 0 Å². The molecule has 10 heteroatoms. The van der Waals surface area contributed by atoms with Crippen molar-refractivity contribution in [1.82, 2.24) is 15.1 Å². The van der Waals surface area contributed by atoms with E-state index in [-0.39, 0.29) is 28.8 Å². The lowest BCUT2D eigenvalue weighted by molar-refractivity contribution is -0.384. The largest absolute Gasteiger partial charge is 0.444 e. The Kier molecular flexibility index (Phi) is 5.78. The van der Waals surface area contributed by atoms with Crippen LogP contribution in [0.2, 0.25) is 0 Å². The summed E-state index contributed by atoms with van der Waals surface area (Å²) in [6.45, 7) is 6.58. The number of amides is 1. The molecule has 1 aromatic heterocycles. The Morgan fingerprint density at radius 3 is 2.54 bits per heavy atom. The first kappa shape index (κ1) is 20.4. The Balaban J connectivity index is 1.75. The normalized spacial score (nSPS) is 23.2. The zero-order chi connectivity index (χ0) is 20.5. The standard InChI is InChI=1S/C18H29N5O5/c1-18(2,3)28-17(24)20-13-7-9-21(10-8-15(13)27-4)16-14(23(25)26)11-19-22(16)12-5-6-12/h11-13,15H,5-10H2,1-4H3,(H,20,24)/t13-,15+/m1/s1. The van der Waals surface area contributed by atoms with Crippen LogP contribution < -0.4 is 10.2 Å². The molecule has 1 aromatic rings. The van der Waals surface area contributed by atoms with Crippen LogP contribution in [-0.4, -0.2) is 58.7 Å². The van der Waals surface area contributed by atoms with E-state index in [0.29, 0.717) is 31.7 Å². The number of ether oxygens (including phenoxy) is 2. The van der Waals surface area contributed by atoms with Crippen LogP contribution in [0.1, 0.15) is 52.5 Å². The van der Waals surface area contributed by atoms with Gasteiger partial charge in [0.15, 0.2) is 0 Å². The van der Waals surface area contributed by atoms with Gasteiger partial charge in [-0.1, -0.05) is 0 Å². The number of alkyl carbamates (subject to hydrolysis) is 1. The summed E-state index contributed by atoms with van der Waals surface area (Å²) in [5, 5.41) is 18.7. The fourth-order valence-corrected chi connectivity index (χ4v) is 3.56. The van der Waals surface area contributed by atoms with Crippen LogP contribution in [0.25, 0.3) is 0 Å². The molecule has 3 rings (SSSR count). The molecule has 0 bridgehead atoms. The minimum atomic E-state index is -0.583. The Labute approximate surface area is 164 Å². The van der Waals surface area contributed by atoms with Gasteiger partial charge >= 0.3 is 11.8 Å². The van der Waals surface area contributed by atoms with Crippen LogP contribution in [0.3, 0.4) is 0 Å². The average Bonchev–Trinajstić information content (AvgIpc) is 3.36. The molecule has 1 saturated carbocycles. The van der Waals surface area contributed by atoms with E-state index >= 15 is 0 Å². The molecule has 1 aliphatic heterocycles. The Morgan fingerprint density at radius 1 is 1.29 bits per heavy atom. The molecule has 2 fully saturated rings. The van der Waals surface area contributed by atoms with E-state index in [1.54, 1.807) is 11.8 Å². The van der Waals surface area contributed by atoms with E-state index in [1.165, 1.54) is 6.20 Å². The summed E-state index contributed by atoms with van der Waals surface area (Å²) in [6, 6.07) is 0.00191. The summed E-state index contributed by atoms with van der Waals surface area (Å²) in [5.74, 6) is 0.556. The summed E-state index contributed by atoms with van der Waals surface area (Å²) < 4.78 is 12.7. The molecule has 10 nitrogen and oxygen atoms in total. The Hall–Kier alpha value is -2.36. The van der Waals surface area contributed by atoms with Crippen molar-refractivity contribution in [3.8, 4) is 0 Å². The van der Waals surface area contributed by atoms with E-state index in [4.69, 9.17) is 9.47 Å². The second kappa shape index (κ2) is 7.94. The van der Waals surface area contributed by atoms with E-state index < -0.39 is 11.7 Å². The smallest absolute Gasteiger partial charge is 0.407 e. The lowest BCUT2D eigenvalue weighted by Gasteiger charge is -2.26. The quantitative estimate of drug-likeness (QED) is 0.602. The van der Waals surface area contributed by atoms with Gasteiger partial charge in [-0.05, 0) is 46.5 Å². The molecule has 2 heterocycles. The maximum absolute atomic E-state index is 12.2. The maximum atomic E-state index is 12.2. The number of rotatable bonds is 5. The molecular weight excluding hydrogens is 366 g/mol. The van der Waals surface area contributed by atoms with Gasteiger partial charge in [0.05, 0.1) is 23.1 Å². The lowest BCUT2D eigenvalue weighted by atomic mass is 10.1. The number of methoxy groups -OCH3 is 1. The first-order chi connectivity index (χ1) is 13.2. The predicted octanol–water partition coefficient (Wildman–Crippen LogP) is 2.63. The van der Waals surface area contributed by atoms with Crippen LogP contribution in [0.15, 0.2) is 6.20 Å². The number of aromatic nitrogens is 2. The minimum Gasteiger partial charge on any atom is -0.444 e.